The number of rotatable bonds is 5. The molecular weight excluding hydrogens is 284 g/mol. The van der Waals surface area contributed by atoms with Crippen molar-refractivity contribution in [3.63, 3.8) is 0 Å². The van der Waals surface area contributed by atoms with Gasteiger partial charge in [0.2, 0.25) is 12.5 Å². The average Bonchev–Trinajstić information content (AvgIpc) is 2.84. The molecule has 0 aliphatic carbocycles. The molecule has 1 aromatic heterocycles. The number of nitrogens with two attached hydrogens (primary N) is 1. The molecule has 0 aliphatic rings. The molecule has 2 aromatic carbocycles. The SMILES string of the molecule is NC(=O)CC(C[N+](=O)[O-])c1cccc2oc3ccccc3c12. The molecule has 6 heteroatoms. The van der Waals surface area contributed by atoms with E-state index in [9.17, 15) is 14.9 Å². The van der Waals surface area contributed by atoms with Crippen LogP contribution in [0.4, 0.5) is 0 Å². The van der Waals surface area contributed by atoms with Gasteiger partial charge in [-0.3, -0.25) is 14.9 Å². The molecule has 2 N–H and O–H groups in total. The van der Waals surface area contributed by atoms with Crippen LogP contribution in [0.15, 0.2) is 46.9 Å². The molecule has 1 unspecified atom stereocenters. The van der Waals surface area contributed by atoms with Crippen LogP contribution in [0.3, 0.4) is 0 Å². The first-order valence-electron chi connectivity index (χ1n) is 6.86. The van der Waals surface area contributed by atoms with Gasteiger partial charge >= 0.3 is 0 Å². The van der Waals surface area contributed by atoms with Gasteiger partial charge in [-0.15, -0.1) is 0 Å². The number of furan rings is 1. The highest BCUT2D eigenvalue weighted by Gasteiger charge is 2.24. The van der Waals surface area contributed by atoms with Crippen LogP contribution < -0.4 is 5.73 Å². The molecule has 0 saturated carbocycles. The molecule has 0 saturated heterocycles. The molecule has 0 fully saturated rings. The van der Waals surface area contributed by atoms with Gasteiger partial charge in [-0.1, -0.05) is 30.3 Å². The number of nitrogens with zero attached hydrogens (tertiary/aromatic N) is 1. The summed E-state index contributed by atoms with van der Waals surface area (Å²) in [5.74, 6) is -1.13. The van der Waals surface area contributed by atoms with E-state index in [0.717, 1.165) is 16.3 Å². The van der Waals surface area contributed by atoms with Gasteiger partial charge in [0.1, 0.15) is 11.2 Å². The van der Waals surface area contributed by atoms with Crippen LogP contribution in [0.5, 0.6) is 0 Å². The standard InChI is InChI=1S/C16H14N2O4/c17-15(19)8-10(9-18(20)21)11-5-3-7-14-16(11)12-4-1-2-6-13(12)22-14/h1-7,10H,8-9H2,(H2,17,19). The highest BCUT2D eigenvalue weighted by atomic mass is 16.6. The van der Waals surface area contributed by atoms with Crippen LogP contribution in [-0.4, -0.2) is 17.4 Å². The van der Waals surface area contributed by atoms with Gasteiger partial charge in [-0.2, -0.15) is 0 Å². The van der Waals surface area contributed by atoms with Crippen molar-refractivity contribution in [2.45, 2.75) is 12.3 Å². The van der Waals surface area contributed by atoms with Gasteiger partial charge in [0.15, 0.2) is 0 Å². The van der Waals surface area contributed by atoms with Crippen molar-refractivity contribution < 1.29 is 14.1 Å². The summed E-state index contributed by atoms with van der Waals surface area (Å²) < 4.78 is 5.77. The summed E-state index contributed by atoms with van der Waals surface area (Å²) in [4.78, 5) is 21.8. The summed E-state index contributed by atoms with van der Waals surface area (Å²) in [6.45, 7) is -0.346. The van der Waals surface area contributed by atoms with Crippen molar-refractivity contribution in [2.75, 3.05) is 6.54 Å². The third kappa shape index (κ3) is 2.50. The van der Waals surface area contributed by atoms with Crippen molar-refractivity contribution in [1.82, 2.24) is 0 Å². The van der Waals surface area contributed by atoms with Gasteiger partial charge in [-0.05, 0) is 17.7 Å². The summed E-state index contributed by atoms with van der Waals surface area (Å²) >= 11 is 0. The van der Waals surface area contributed by atoms with Crippen molar-refractivity contribution in [2.24, 2.45) is 5.73 Å². The summed E-state index contributed by atoms with van der Waals surface area (Å²) in [6.07, 6.45) is -0.0698. The van der Waals surface area contributed by atoms with E-state index in [1.54, 1.807) is 12.1 Å². The highest BCUT2D eigenvalue weighted by molar-refractivity contribution is 6.07. The predicted molar refractivity (Wildman–Crippen MR) is 82.1 cm³/mol. The fraction of sp³-hybridized carbons (Fsp3) is 0.188. The largest absolute Gasteiger partial charge is 0.456 e. The predicted octanol–water partition coefficient (Wildman–Crippen LogP) is 2.82. The van der Waals surface area contributed by atoms with E-state index < -0.39 is 16.7 Å². The number of nitro groups is 1. The Morgan fingerprint density at radius 3 is 2.64 bits per heavy atom. The zero-order chi connectivity index (χ0) is 15.7. The molecule has 3 aromatic rings. The second kappa shape index (κ2) is 5.48. The normalized spacial score (nSPS) is 12.5. The topological polar surface area (TPSA) is 99.4 Å². The Hall–Kier alpha value is -2.89. The lowest BCUT2D eigenvalue weighted by molar-refractivity contribution is -0.483. The van der Waals surface area contributed by atoms with Crippen LogP contribution in [0.1, 0.15) is 17.9 Å². The summed E-state index contributed by atoms with van der Waals surface area (Å²) in [7, 11) is 0. The van der Waals surface area contributed by atoms with Crippen LogP contribution in [-0.2, 0) is 4.79 Å². The summed E-state index contributed by atoms with van der Waals surface area (Å²) in [5.41, 5.74) is 7.34. The number of hydrogen-bond acceptors (Lipinski definition) is 4. The second-order valence-corrected chi connectivity index (χ2v) is 5.20. The molecule has 0 radical (unpaired) electrons. The third-order valence-corrected chi connectivity index (χ3v) is 3.69. The van der Waals surface area contributed by atoms with E-state index in [0.29, 0.717) is 11.2 Å². The van der Waals surface area contributed by atoms with Gasteiger partial charge in [-0.25, -0.2) is 0 Å². The van der Waals surface area contributed by atoms with E-state index in [2.05, 4.69) is 0 Å². The maximum absolute atomic E-state index is 11.3. The second-order valence-electron chi connectivity index (χ2n) is 5.20. The minimum atomic E-state index is -0.572. The molecule has 22 heavy (non-hydrogen) atoms. The molecule has 6 nitrogen and oxygen atoms in total. The number of para-hydroxylation sites is 1. The molecule has 112 valence electrons. The maximum Gasteiger partial charge on any atom is 0.218 e. The summed E-state index contributed by atoms with van der Waals surface area (Å²) in [6, 6.07) is 12.9. The zero-order valence-corrected chi connectivity index (χ0v) is 11.7. The van der Waals surface area contributed by atoms with Crippen LogP contribution in [0.2, 0.25) is 0 Å². The Balaban J connectivity index is 2.23. The lowest BCUT2D eigenvalue weighted by atomic mass is 9.91. The Labute approximate surface area is 125 Å². The van der Waals surface area contributed by atoms with Crippen LogP contribution in [0.25, 0.3) is 21.9 Å². The Morgan fingerprint density at radius 1 is 1.18 bits per heavy atom. The summed E-state index contributed by atoms with van der Waals surface area (Å²) in [5, 5.41) is 12.6. The molecule has 1 amide bonds. The first kappa shape index (κ1) is 14.1. The first-order valence-corrected chi connectivity index (χ1v) is 6.86. The number of benzene rings is 2. The molecular formula is C16H14N2O4. The van der Waals surface area contributed by atoms with Crippen molar-refractivity contribution in [1.29, 1.82) is 0 Å². The number of primary amides is 1. The van der Waals surface area contributed by atoms with Crippen molar-refractivity contribution >= 4 is 27.8 Å². The third-order valence-electron chi connectivity index (χ3n) is 3.69. The van der Waals surface area contributed by atoms with Gasteiger partial charge in [0, 0.05) is 22.1 Å². The van der Waals surface area contributed by atoms with Crippen LogP contribution >= 0.6 is 0 Å². The van der Waals surface area contributed by atoms with E-state index in [4.69, 9.17) is 10.2 Å². The van der Waals surface area contributed by atoms with Gasteiger partial charge < -0.3 is 10.2 Å². The van der Waals surface area contributed by atoms with E-state index in [1.807, 2.05) is 30.3 Å². The lowest BCUT2D eigenvalue weighted by Gasteiger charge is -2.12. The van der Waals surface area contributed by atoms with Crippen LogP contribution in [0, 0.1) is 10.1 Å². The average molecular weight is 298 g/mol. The maximum atomic E-state index is 11.3. The molecule has 1 heterocycles. The number of amides is 1. The molecule has 0 spiro atoms. The zero-order valence-electron chi connectivity index (χ0n) is 11.7. The Bertz CT molecular complexity index is 853. The molecule has 0 aliphatic heterocycles. The van der Waals surface area contributed by atoms with Crippen molar-refractivity contribution in [3.05, 3.63) is 58.1 Å². The monoisotopic (exact) mass is 298 g/mol. The first-order chi connectivity index (χ1) is 10.6. The number of hydrogen-bond donors (Lipinski definition) is 1. The lowest BCUT2D eigenvalue weighted by Crippen LogP contribution is -2.21. The van der Waals surface area contributed by atoms with Crippen molar-refractivity contribution in [3.8, 4) is 0 Å². The van der Waals surface area contributed by atoms with E-state index in [-0.39, 0.29) is 13.0 Å². The quantitative estimate of drug-likeness (QED) is 0.578. The Kier molecular flexibility index (Phi) is 3.50. The molecule has 3 rings (SSSR count). The minimum Gasteiger partial charge on any atom is -0.456 e. The fourth-order valence-corrected chi connectivity index (χ4v) is 2.84. The minimum absolute atomic E-state index is 0.0698. The fourth-order valence-electron chi connectivity index (χ4n) is 2.84. The Morgan fingerprint density at radius 2 is 1.91 bits per heavy atom. The molecule has 1 atom stereocenters. The number of carbonyl (C=O) groups is 1. The smallest absolute Gasteiger partial charge is 0.218 e. The molecule has 0 bridgehead atoms. The number of fused-ring (bicyclic) bond motifs is 3. The highest BCUT2D eigenvalue weighted by Crippen LogP contribution is 2.35. The van der Waals surface area contributed by atoms with E-state index in [1.165, 1.54) is 0 Å². The van der Waals surface area contributed by atoms with Gasteiger partial charge in [0.25, 0.3) is 0 Å². The van der Waals surface area contributed by atoms with Gasteiger partial charge in [0.05, 0.1) is 5.92 Å². The van der Waals surface area contributed by atoms with E-state index >= 15 is 0 Å². The number of carbonyl (C=O) groups excluding carboxylic acids is 1.